The van der Waals surface area contributed by atoms with E-state index in [-0.39, 0.29) is 23.7 Å². The molecular weight excluding hydrogens is 500 g/mol. The molecule has 0 heterocycles. The fourth-order valence-corrected chi connectivity index (χ4v) is 7.09. The Morgan fingerprint density at radius 1 is 0.975 bits per heavy atom. The van der Waals surface area contributed by atoms with Gasteiger partial charge < -0.3 is 14.3 Å². The van der Waals surface area contributed by atoms with Crippen LogP contribution >= 0.6 is 0 Å². The molecule has 0 unspecified atom stereocenters. The first kappa shape index (κ1) is 26.1. The van der Waals surface area contributed by atoms with Gasteiger partial charge in [-0.1, -0.05) is 42.4 Å². The Kier molecular flexibility index (Phi) is 7.06. The summed E-state index contributed by atoms with van der Waals surface area (Å²) in [6, 6.07) is 23.9. The van der Waals surface area contributed by atoms with Crippen LogP contribution in [0.5, 0.6) is 11.5 Å². The van der Waals surface area contributed by atoms with E-state index in [9.17, 15) is 4.79 Å². The summed E-state index contributed by atoms with van der Waals surface area (Å²) in [7, 11) is 1.67. The Morgan fingerprint density at radius 3 is 2.45 bits per heavy atom. The van der Waals surface area contributed by atoms with Crippen LogP contribution in [-0.4, -0.2) is 18.6 Å². The minimum Gasteiger partial charge on any atom is -0.497 e. The molecule has 0 saturated heterocycles. The summed E-state index contributed by atoms with van der Waals surface area (Å²) in [5, 5.41) is 13.3. The topological polar surface area (TPSA) is 80.9 Å². The van der Waals surface area contributed by atoms with Crippen LogP contribution in [0.4, 0.5) is 0 Å². The standard InChI is InChI=1S/C34H34N2O4/c1-34-16-15-29-28-14-12-27(39-20-23-7-10-26(38-2)11-8-23)17-25(28)9-13-30(29)31(34)18-32(33(34)37)36-40-21-24-5-3-22(19-35)4-6-24/h3-8,10-12,14,17,29-31H,9,13,15-16,18,20-21H2,1-2H3/b36-32+/t29-,30-,31+,34-/m1/s1. The molecule has 3 aromatic carbocycles. The fourth-order valence-electron chi connectivity index (χ4n) is 7.09. The molecule has 0 bridgehead atoms. The van der Waals surface area contributed by atoms with E-state index in [1.54, 1.807) is 19.2 Å². The zero-order chi connectivity index (χ0) is 27.7. The molecule has 0 N–H and O–H groups in total. The number of nitrogens with zero attached hydrogens (tertiary/aromatic N) is 2. The molecule has 2 fully saturated rings. The van der Waals surface area contributed by atoms with Crippen molar-refractivity contribution in [1.82, 2.24) is 0 Å². The quantitative estimate of drug-likeness (QED) is 0.313. The summed E-state index contributed by atoms with van der Waals surface area (Å²) in [6.45, 7) is 2.95. The number of methoxy groups -OCH3 is 1. The molecule has 0 aromatic heterocycles. The molecule has 6 rings (SSSR count). The number of ether oxygens (including phenoxy) is 2. The number of aryl methyl sites for hydroxylation is 1. The van der Waals surface area contributed by atoms with Gasteiger partial charge in [-0.3, -0.25) is 4.79 Å². The molecule has 3 aromatic rings. The van der Waals surface area contributed by atoms with Crippen LogP contribution in [0.25, 0.3) is 0 Å². The highest BCUT2D eigenvalue weighted by Gasteiger charge is 2.57. The van der Waals surface area contributed by atoms with E-state index in [0.29, 0.717) is 36.1 Å². The largest absolute Gasteiger partial charge is 0.497 e. The first-order valence-corrected chi connectivity index (χ1v) is 14.1. The Balaban J connectivity index is 1.12. The lowest BCUT2D eigenvalue weighted by Crippen LogP contribution is -2.42. The molecule has 0 radical (unpaired) electrons. The number of Topliss-reactive ketones (excluding diaryl/α,β-unsaturated/α-hetero) is 1. The number of rotatable bonds is 7. The first-order valence-electron chi connectivity index (χ1n) is 14.1. The lowest BCUT2D eigenvalue weighted by atomic mass is 9.55. The van der Waals surface area contributed by atoms with Gasteiger partial charge in [-0.25, -0.2) is 0 Å². The fraction of sp³-hybridized carbons (Fsp3) is 0.382. The zero-order valence-electron chi connectivity index (χ0n) is 23.1. The second-order valence-electron chi connectivity index (χ2n) is 11.5. The average Bonchev–Trinajstić information content (AvgIpc) is 3.26. The Hall–Kier alpha value is -4.11. The van der Waals surface area contributed by atoms with Gasteiger partial charge in [-0.05, 0) is 102 Å². The maximum Gasteiger partial charge on any atom is 0.186 e. The van der Waals surface area contributed by atoms with Crippen molar-refractivity contribution in [1.29, 1.82) is 5.26 Å². The Bertz CT molecular complexity index is 1470. The predicted octanol–water partition coefficient (Wildman–Crippen LogP) is 6.75. The van der Waals surface area contributed by atoms with Crippen LogP contribution in [0, 0.1) is 28.6 Å². The van der Waals surface area contributed by atoms with E-state index < -0.39 is 0 Å². The first-order chi connectivity index (χ1) is 19.5. The number of carbonyl (C=O) groups excluding carboxylic acids is 1. The molecule has 204 valence electrons. The van der Waals surface area contributed by atoms with E-state index in [2.05, 4.69) is 36.3 Å². The van der Waals surface area contributed by atoms with E-state index in [1.165, 1.54) is 11.1 Å². The average molecular weight is 535 g/mol. The van der Waals surface area contributed by atoms with E-state index in [1.807, 2.05) is 36.4 Å². The Morgan fingerprint density at radius 2 is 1.70 bits per heavy atom. The third-order valence-corrected chi connectivity index (χ3v) is 9.34. The van der Waals surface area contributed by atoms with Crippen molar-refractivity contribution in [3.8, 4) is 17.6 Å². The number of hydrogen-bond acceptors (Lipinski definition) is 6. The van der Waals surface area contributed by atoms with Crippen LogP contribution in [0.1, 0.15) is 66.3 Å². The van der Waals surface area contributed by atoms with Gasteiger partial charge in [0, 0.05) is 11.8 Å². The second kappa shape index (κ2) is 10.8. The summed E-state index contributed by atoms with van der Waals surface area (Å²) in [5.74, 6) is 3.11. The predicted molar refractivity (Wildman–Crippen MR) is 152 cm³/mol. The van der Waals surface area contributed by atoms with Crippen LogP contribution in [0.2, 0.25) is 0 Å². The van der Waals surface area contributed by atoms with Crippen molar-refractivity contribution in [2.45, 2.75) is 58.2 Å². The third-order valence-electron chi connectivity index (χ3n) is 9.34. The van der Waals surface area contributed by atoms with Crippen LogP contribution in [-0.2, 0) is 29.3 Å². The van der Waals surface area contributed by atoms with E-state index in [4.69, 9.17) is 19.6 Å². The number of fused-ring (bicyclic) bond motifs is 5. The molecule has 40 heavy (non-hydrogen) atoms. The SMILES string of the molecule is COc1ccc(COc2ccc3c(c2)CC[C@@H]2[C@@H]3CC[C@@]3(C)C(=O)/C(=N/OCc4ccc(C#N)cc4)C[C@@H]23)cc1. The van der Waals surface area contributed by atoms with Crippen LogP contribution in [0.15, 0.2) is 71.9 Å². The monoisotopic (exact) mass is 534 g/mol. The van der Waals surface area contributed by atoms with Gasteiger partial charge in [-0.15, -0.1) is 0 Å². The van der Waals surface area contributed by atoms with Crippen LogP contribution in [0.3, 0.4) is 0 Å². The van der Waals surface area contributed by atoms with Gasteiger partial charge in [0.15, 0.2) is 5.78 Å². The van der Waals surface area contributed by atoms with Gasteiger partial charge in [0.1, 0.15) is 30.4 Å². The van der Waals surface area contributed by atoms with Gasteiger partial charge in [0.05, 0.1) is 18.7 Å². The zero-order valence-corrected chi connectivity index (χ0v) is 23.1. The normalized spacial score (nSPS) is 25.9. The van der Waals surface area contributed by atoms with Crippen molar-refractivity contribution >= 4 is 11.5 Å². The molecule has 4 atom stereocenters. The molecule has 0 amide bonds. The molecule has 3 aliphatic rings. The highest BCUT2D eigenvalue weighted by atomic mass is 16.6. The number of oxime groups is 1. The lowest BCUT2D eigenvalue weighted by molar-refractivity contribution is -0.125. The minimum absolute atomic E-state index is 0.156. The smallest absolute Gasteiger partial charge is 0.186 e. The van der Waals surface area contributed by atoms with Crippen LogP contribution < -0.4 is 9.47 Å². The number of ketones is 1. The van der Waals surface area contributed by atoms with E-state index in [0.717, 1.165) is 48.3 Å². The molecule has 6 nitrogen and oxygen atoms in total. The molecular formula is C34H34N2O4. The lowest BCUT2D eigenvalue weighted by Gasteiger charge is -2.47. The molecule has 2 saturated carbocycles. The third kappa shape index (κ3) is 4.86. The Labute approximate surface area is 235 Å². The number of carbonyl (C=O) groups is 1. The van der Waals surface area contributed by atoms with E-state index >= 15 is 0 Å². The second-order valence-corrected chi connectivity index (χ2v) is 11.5. The summed E-state index contributed by atoms with van der Waals surface area (Å²) in [5.41, 5.74) is 5.65. The van der Waals surface area contributed by atoms with Gasteiger partial charge in [0.25, 0.3) is 0 Å². The summed E-state index contributed by atoms with van der Waals surface area (Å²) < 4.78 is 11.4. The van der Waals surface area contributed by atoms with Crippen molar-refractivity contribution < 1.29 is 19.1 Å². The van der Waals surface area contributed by atoms with Crippen molar-refractivity contribution in [2.75, 3.05) is 7.11 Å². The summed E-state index contributed by atoms with van der Waals surface area (Å²) in [6.07, 6.45) is 4.65. The molecule has 6 heteroatoms. The number of nitriles is 1. The molecule has 0 aliphatic heterocycles. The maximum absolute atomic E-state index is 13.5. The summed E-state index contributed by atoms with van der Waals surface area (Å²) in [4.78, 5) is 19.1. The highest BCUT2D eigenvalue weighted by Crippen LogP contribution is 2.59. The highest BCUT2D eigenvalue weighted by molar-refractivity contribution is 6.43. The molecule has 3 aliphatic carbocycles. The van der Waals surface area contributed by atoms with Crippen molar-refractivity contribution in [3.05, 3.63) is 94.5 Å². The van der Waals surface area contributed by atoms with Gasteiger partial charge in [0.2, 0.25) is 0 Å². The summed E-state index contributed by atoms with van der Waals surface area (Å²) >= 11 is 0. The van der Waals surface area contributed by atoms with Gasteiger partial charge >= 0.3 is 0 Å². The van der Waals surface area contributed by atoms with Gasteiger partial charge in [-0.2, -0.15) is 5.26 Å². The molecule has 0 spiro atoms. The number of hydrogen-bond donors (Lipinski definition) is 0. The minimum atomic E-state index is -0.364. The van der Waals surface area contributed by atoms with Crippen molar-refractivity contribution in [3.63, 3.8) is 0 Å². The maximum atomic E-state index is 13.5. The van der Waals surface area contributed by atoms with Crippen molar-refractivity contribution in [2.24, 2.45) is 22.4 Å². The number of benzene rings is 3.